The van der Waals surface area contributed by atoms with Crippen molar-refractivity contribution in [1.29, 1.82) is 0 Å². The van der Waals surface area contributed by atoms with E-state index in [9.17, 15) is 22.8 Å². The number of carbonyl (C=O) groups is 3. The highest BCUT2D eigenvalue weighted by Gasteiger charge is 2.55. The van der Waals surface area contributed by atoms with Gasteiger partial charge in [0.1, 0.15) is 12.1 Å². The van der Waals surface area contributed by atoms with E-state index < -0.39 is 65.5 Å². The van der Waals surface area contributed by atoms with Crippen LogP contribution in [0, 0.1) is 0 Å². The van der Waals surface area contributed by atoms with Crippen molar-refractivity contribution in [3.63, 3.8) is 0 Å². The monoisotopic (exact) mass is 491 g/mol. The lowest BCUT2D eigenvalue weighted by atomic mass is 9.96. The predicted octanol–water partition coefficient (Wildman–Crippen LogP) is 0.959. The van der Waals surface area contributed by atoms with E-state index in [0.29, 0.717) is 0 Å². The highest BCUT2D eigenvalue weighted by molar-refractivity contribution is 7.84. The van der Waals surface area contributed by atoms with Crippen molar-refractivity contribution < 1.29 is 45.9 Å². The van der Waals surface area contributed by atoms with E-state index in [1.807, 2.05) is 0 Å². The molecule has 4 rings (SSSR count). The number of hydrogen-bond acceptors (Lipinski definition) is 10. The maximum absolute atomic E-state index is 12.9. The number of benzene rings is 2. The molecule has 0 radical (unpaired) electrons. The fourth-order valence-electron chi connectivity index (χ4n) is 3.60. The lowest BCUT2D eigenvalue weighted by Gasteiger charge is -2.45. The van der Waals surface area contributed by atoms with E-state index in [4.69, 9.17) is 23.1 Å². The molecule has 1 N–H and O–H groups in total. The van der Waals surface area contributed by atoms with E-state index in [-0.39, 0.29) is 11.1 Å². The summed E-state index contributed by atoms with van der Waals surface area (Å²) in [5.74, 6) is -2.32. The van der Waals surface area contributed by atoms with E-state index in [1.54, 1.807) is 36.4 Å². The van der Waals surface area contributed by atoms with Gasteiger partial charge in [-0.1, -0.05) is 36.4 Å². The van der Waals surface area contributed by atoms with Gasteiger partial charge in [0.15, 0.2) is 12.2 Å². The summed E-state index contributed by atoms with van der Waals surface area (Å²) in [5, 5.41) is 0. The van der Waals surface area contributed by atoms with Crippen LogP contribution in [0.5, 0.6) is 0 Å². The van der Waals surface area contributed by atoms with Crippen LogP contribution in [-0.2, 0) is 38.2 Å². The molecule has 2 saturated heterocycles. The summed E-state index contributed by atoms with van der Waals surface area (Å²) in [5.41, 5.74) is 0.393. The normalized spacial score (nSPS) is 27.6. The zero-order valence-electron chi connectivity index (χ0n) is 17.9. The van der Waals surface area contributed by atoms with E-state index in [2.05, 4.69) is 4.72 Å². The summed E-state index contributed by atoms with van der Waals surface area (Å²) < 4.78 is 53.8. The minimum absolute atomic E-state index is 0.178. The summed E-state index contributed by atoms with van der Waals surface area (Å²) in [6.45, 7) is 0.518. The van der Waals surface area contributed by atoms with Gasteiger partial charge in [-0.25, -0.2) is 9.59 Å². The third kappa shape index (κ3) is 5.42. The number of carbonyl (C=O) groups excluding carboxylic acids is 3. The predicted molar refractivity (Wildman–Crippen MR) is 114 cm³/mol. The van der Waals surface area contributed by atoms with Crippen LogP contribution >= 0.6 is 0 Å². The van der Waals surface area contributed by atoms with Crippen molar-refractivity contribution in [3.05, 3.63) is 71.8 Å². The number of fused-ring (bicyclic) bond motifs is 3. The zero-order chi connectivity index (χ0) is 24.3. The van der Waals surface area contributed by atoms with Crippen LogP contribution in [0.4, 0.5) is 0 Å². The van der Waals surface area contributed by atoms with Gasteiger partial charge in [-0.2, -0.15) is 13.1 Å². The first-order chi connectivity index (χ1) is 16.2. The molecule has 2 fully saturated rings. The molecule has 0 spiro atoms. The molecule has 2 heterocycles. The molecule has 0 aliphatic carbocycles. The minimum Gasteiger partial charge on any atom is -0.453 e. The Morgan fingerprint density at radius 3 is 1.91 bits per heavy atom. The van der Waals surface area contributed by atoms with Crippen LogP contribution in [0.2, 0.25) is 0 Å². The molecule has 11 nitrogen and oxygen atoms in total. The highest BCUT2D eigenvalue weighted by atomic mass is 32.2. The van der Waals surface area contributed by atoms with E-state index in [0.717, 1.165) is 6.92 Å². The Hall–Kier alpha value is -3.32. The Morgan fingerprint density at radius 1 is 0.853 bits per heavy atom. The van der Waals surface area contributed by atoms with Gasteiger partial charge >= 0.3 is 28.2 Å². The first-order valence-corrected chi connectivity index (χ1v) is 11.7. The first-order valence-electron chi connectivity index (χ1n) is 10.2. The maximum Gasteiger partial charge on any atom is 0.338 e. The van der Waals surface area contributed by atoms with Gasteiger partial charge in [0.05, 0.1) is 17.7 Å². The largest absolute Gasteiger partial charge is 0.453 e. The molecule has 0 saturated carbocycles. The average Bonchev–Trinajstić information content (AvgIpc) is 2.81. The van der Waals surface area contributed by atoms with Gasteiger partial charge in [-0.15, -0.1) is 0 Å². The van der Waals surface area contributed by atoms with Crippen LogP contribution in [0.1, 0.15) is 27.6 Å². The second-order valence-electron chi connectivity index (χ2n) is 7.51. The Balaban J connectivity index is 1.70. The first kappa shape index (κ1) is 23.8. The summed E-state index contributed by atoms with van der Waals surface area (Å²) in [6.07, 6.45) is -5.41. The Bertz CT molecular complexity index is 1150. The van der Waals surface area contributed by atoms with E-state index >= 15 is 0 Å². The van der Waals surface area contributed by atoms with Gasteiger partial charge in [0, 0.05) is 6.92 Å². The Kier molecular flexibility index (Phi) is 6.93. The second-order valence-corrected chi connectivity index (χ2v) is 8.89. The lowest BCUT2D eigenvalue weighted by Crippen LogP contribution is -2.68. The fraction of sp³-hybridized carbons (Fsp3) is 0.318. The second kappa shape index (κ2) is 9.89. The van der Waals surface area contributed by atoms with Crippen LogP contribution in [-0.4, -0.2) is 63.6 Å². The molecule has 0 unspecified atom stereocenters. The summed E-state index contributed by atoms with van der Waals surface area (Å²) >= 11 is 0. The summed E-state index contributed by atoms with van der Waals surface area (Å²) in [7, 11) is -4.33. The molecule has 34 heavy (non-hydrogen) atoms. The minimum atomic E-state index is -4.33. The quantitative estimate of drug-likeness (QED) is 0.474. The molecular weight excluding hydrogens is 470 g/mol. The van der Waals surface area contributed by atoms with Crippen molar-refractivity contribution in [2.45, 2.75) is 37.6 Å². The van der Waals surface area contributed by atoms with Crippen molar-refractivity contribution in [1.82, 2.24) is 4.72 Å². The molecule has 5 atom stereocenters. The average molecular weight is 491 g/mol. The number of ether oxygens (including phenoxy) is 4. The number of rotatable bonds is 5. The maximum atomic E-state index is 12.9. The molecule has 2 aromatic rings. The number of esters is 3. The van der Waals surface area contributed by atoms with Crippen LogP contribution in [0.3, 0.4) is 0 Å². The molecule has 2 aliphatic heterocycles. The SMILES string of the molecule is CC(=O)O[C@@H]1O[C@@H]2COS(=O)(=O)N[C@H]1[C@@H](OC(=O)c1ccccc1)[C@H]2OC(=O)c1ccccc1. The van der Waals surface area contributed by atoms with Crippen molar-refractivity contribution in [2.75, 3.05) is 6.61 Å². The van der Waals surface area contributed by atoms with Crippen molar-refractivity contribution in [3.8, 4) is 0 Å². The topological polar surface area (TPSA) is 144 Å². The zero-order valence-corrected chi connectivity index (χ0v) is 18.7. The summed E-state index contributed by atoms with van der Waals surface area (Å²) in [4.78, 5) is 37.3. The third-order valence-corrected chi connectivity index (χ3v) is 6.11. The standard InChI is InChI=1S/C22H21NO10S/c1-13(24)30-22-17-19(33-21(26)15-10-6-3-7-11-15)18(16(31-22)12-29-34(27,28)23-17)32-20(25)14-8-4-2-5-9-14/h2-11,16-19,22-23H,12H2,1H3/t16-,17+,18+,19-,22-/m1/s1. The van der Waals surface area contributed by atoms with Crippen molar-refractivity contribution in [2.24, 2.45) is 0 Å². The molecular formula is C22H21NO10S. The highest BCUT2D eigenvalue weighted by Crippen LogP contribution is 2.31. The molecule has 2 bridgehead atoms. The molecule has 2 aromatic carbocycles. The van der Waals surface area contributed by atoms with Gasteiger partial charge in [-0.05, 0) is 24.3 Å². The van der Waals surface area contributed by atoms with Gasteiger partial charge < -0.3 is 18.9 Å². The molecule has 2 aliphatic rings. The van der Waals surface area contributed by atoms with Gasteiger partial charge in [-0.3, -0.25) is 8.98 Å². The van der Waals surface area contributed by atoms with Gasteiger partial charge in [0.2, 0.25) is 6.29 Å². The van der Waals surface area contributed by atoms with E-state index in [1.165, 1.54) is 24.3 Å². The molecule has 12 heteroatoms. The van der Waals surface area contributed by atoms with Gasteiger partial charge in [0.25, 0.3) is 0 Å². The molecule has 0 aromatic heterocycles. The molecule has 180 valence electrons. The van der Waals surface area contributed by atoms with Crippen molar-refractivity contribution >= 4 is 28.2 Å². The van der Waals surface area contributed by atoms with Crippen LogP contribution in [0.25, 0.3) is 0 Å². The number of hydrogen-bond donors (Lipinski definition) is 1. The third-order valence-electron chi connectivity index (χ3n) is 5.10. The fourth-order valence-corrected chi connectivity index (χ4v) is 4.56. The molecule has 0 amide bonds. The van der Waals surface area contributed by atoms with Crippen LogP contribution < -0.4 is 4.72 Å². The lowest BCUT2D eigenvalue weighted by molar-refractivity contribution is -0.261. The smallest absolute Gasteiger partial charge is 0.338 e. The summed E-state index contributed by atoms with van der Waals surface area (Å²) in [6, 6.07) is 14.5. The Morgan fingerprint density at radius 2 is 1.38 bits per heavy atom. The Labute approximate surface area is 195 Å². The van der Waals surface area contributed by atoms with Crippen LogP contribution in [0.15, 0.2) is 60.7 Å². The number of nitrogens with one attached hydrogen (secondary N) is 1.